The van der Waals surface area contributed by atoms with E-state index < -0.39 is 49.1 Å². The highest BCUT2D eigenvalue weighted by Crippen LogP contribution is 2.12. The van der Waals surface area contributed by atoms with E-state index in [0.29, 0.717) is 38.6 Å². The van der Waals surface area contributed by atoms with Gasteiger partial charge in [-0.2, -0.15) is 0 Å². The molecule has 0 bridgehead atoms. The molecule has 13 heteroatoms. The zero-order valence-corrected chi connectivity index (χ0v) is 25.4. The van der Waals surface area contributed by atoms with Crippen LogP contribution in [0.2, 0.25) is 0 Å². The van der Waals surface area contributed by atoms with Crippen molar-refractivity contribution < 1.29 is 25.2 Å². The molecule has 0 spiro atoms. The average molecular weight is 597 g/mol. The second-order valence-electron chi connectivity index (χ2n) is 11.1. The number of carbonyl (C=O) groups is 1. The monoisotopic (exact) mass is 596 g/mol. The van der Waals surface area contributed by atoms with Gasteiger partial charge in [-0.15, -0.1) is 0 Å². The van der Waals surface area contributed by atoms with Crippen molar-refractivity contribution in [2.45, 2.75) is 121 Å². The minimum atomic E-state index is -1.15. The van der Waals surface area contributed by atoms with Crippen molar-refractivity contribution in [3.05, 3.63) is 35.9 Å². The number of rotatable bonds is 13. The topological polar surface area (TPSA) is 208 Å². The smallest absolute Gasteiger partial charge is 0.237 e. The predicted octanol–water partition coefficient (Wildman–Crippen LogP) is -1.71. The Morgan fingerprint density at radius 3 is 2.26 bits per heavy atom. The number of amides is 1. The molecule has 9 atom stereocenters. The minimum absolute atomic E-state index is 0.00784. The minimum Gasteiger partial charge on any atom is -0.377 e. The number of nitrogens with one attached hydrogen (secondary N) is 7. The van der Waals surface area contributed by atoms with Gasteiger partial charge in [0.1, 0.15) is 31.2 Å². The Balaban J connectivity index is 2.32. The summed E-state index contributed by atoms with van der Waals surface area (Å²) in [6.45, 7) is 4.52. The summed E-state index contributed by atoms with van der Waals surface area (Å²) in [4.78, 5) is 13.7. The Hall–Kier alpha value is -1.75. The molecule has 1 amide bonds. The maximum Gasteiger partial charge on any atom is 0.237 e. The lowest BCUT2D eigenvalue weighted by Crippen LogP contribution is -2.60. The zero-order valence-electron chi connectivity index (χ0n) is 25.4. The SMILES string of the molecule is CCCCCC1NC(=O)[C@@H](Cc2ccccc2)N[C@H](O)[C@H](CC)N[C@H](O)CN[C@H](O)C(CCCN[C@@H](N)NC)N[C@@H]1O. The lowest BCUT2D eigenvalue weighted by atomic mass is 10.0. The van der Waals surface area contributed by atoms with E-state index in [1.165, 1.54) is 0 Å². The van der Waals surface area contributed by atoms with Crippen LogP contribution in [0.15, 0.2) is 30.3 Å². The van der Waals surface area contributed by atoms with Crippen molar-refractivity contribution in [3.63, 3.8) is 0 Å². The number of benzene rings is 1. The van der Waals surface area contributed by atoms with Crippen LogP contribution in [-0.4, -0.2) is 102 Å². The molecule has 1 heterocycles. The molecule has 1 saturated heterocycles. The van der Waals surface area contributed by atoms with Crippen molar-refractivity contribution >= 4 is 5.91 Å². The third-order valence-corrected chi connectivity index (χ3v) is 7.68. The highest BCUT2D eigenvalue weighted by Gasteiger charge is 2.32. The molecule has 2 rings (SSSR count). The summed E-state index contributed by atoms with van der Waals surface area (Å²) in [5.41, 5.74) is 6.77. The number of aliphatic hydroxyl groups is 4. The summed E-state index contributed by atoms with van der Waals surface area (Å²) < 4.78 is 0. The summed E-state index contributed by atoms with van der Waals surface area (Å²) in [6.07, 6.45) is 0.285. The summed E-state index contributed by atoms with van der Waals surface area (Å²) in [5.74, 6) is -0.356. The van der Waals surface area contributed by atoms with E-state index in [1.54, 1.807) is 7.05 Å². The molecule has 2 unspecified atom stereocenters. The van der Waals surface area contributed by atoms with Gasteiger partial charge in [0, 0.05) is 18.6 Å². The fourth-order valence-corrected chi connectivity index (χ4v) is 5.07. The van der Waals surface area contributed by atoms with Gasteiger partial charge < -0.3 is 31.5 Å². The number of nitrogens with two attached hydrogens (primary N) is 1. The van der Waals surface area contributed by atoms with E-state index in [2.05, 4.69) is 44.1 Å². The van der Waals surface area contributed by atoms with E-state index in [4.69, 9.17) is 5.73 Å². The maximum absolute atomic E-state index is 13.7. The summed E-state index contributed by atoms with van der Waals surface area (Å²) in [6, 6.07) is 6.92. The molecule has 0 radical (unpaired) electrons. The zero-order chi connectivity index (χ0) is 30.9. The summed E-state index contributed by atoms with van der Waals surface area (Å²) in [5, 5.41) is 65.2. The molecule has 42 heavy (non-hydrogen) atoms. The predicted molar refractivity (Wildman–Crippen MR) is 164 cm³/mol. The van der Waals surface area contributed by atoms with E-state index in [9.17, 15) is 25.2 Å². The van der Waals surface area contributed by atoms with E-state index in [1.807, 2.05) is 37.3 Å². The molecule has 0 aromatic heterocycles. The third kappa shape index (κ3) is 13.3. The van der Waals surface area contributed by atoms with Crippen LogP contribution in [0.25, 0.3) is 0 Å². The molecule has 242 valence electrons. The second kappa shape index (κ2) is 20.3. The summed E-state index contributed by atoms with van der Waals surface area (Å²) in [7, 11) is 1.75. The largest absolute Gasteiger partial charge is 0.377 e. The molecular weight excluding hydrogens is 540 g/mol. The average Bonchev–Trinajstić information content (AvgIpc) is 2.99. The van der Waals surface area contributed by atoms with Crippen LogP contribution >= 0.6 is 0 Å². The number of unbranched alkanes of at least 4 members (excludes halogenated alkanes) is 2. The first-order chi connectivity index (χ1) is 20.2. The van der Waals surface area contributed by atoms with Crippen molar-refractivity contribution in [2.75, 3.05) is 20.1 Å². The number of hydrogen-bond acceptors (Lipinski definition) is 12. The van der Waals surface area contributed by atoms with Gasteiger partial charge in [0.25, 0.3) is 0 Å². The molecule has 1 aromatic rings. The van der Waals surface area contributed by atoms with Crippen molar-refractivity contribution in [1.29, 1.82) is 0 Å². The molecule has 1 aliphatic heterocycles. The van der Waals surface area contributed by atoms with Gasteiger partial charge in [-0.25, -0.2) is 0 Å². The molecule has 1 aromatic carbocycles. The lowest BCUT2D eigenvalue weighted by Gasteiger charge is -2.33. The molecule has 1 aliphatic rings. The van der Waals surface area contributed by atoms with Gasteiger partial charge >= 0.3 is 0 Å². The Kier molecular flexibility index (Phi) is 17.6. The van der Waals surface area contributed by atoms with Crippen LogP contribution in [0, 0.1) is 0 Å². The molecule has 0 saturated carbocycles. The molecule has 13 nitrogen and oxygen atoms in total. The molecule has 1 fully saturated rings. The Morgan fingerprint density at radius 2 is 1.60 bits per heavy atom. The van der Waals surface area contributed by atoms with E-state index in [-0.39, 0.29) is 18.7 Å². The van der Waals surface area contributed by atoms with Crippen LogP contribution in [0.5, 0.6) is 0 Å². The van der Waals surface area contributed by atoms with Crippen LogP contribution in [0.4, 0.5) is 0 Å². The van der Waals surface area contributed by atoms with Crippen LogP contribution in [0.3, 0.4) is 0 Å². The normalized spacial score (nSPS) is 31.1. The van der Waals surface area contributed by atoms with Crippen molar-refractivity contribution in [2.24, 2.45) is 5.73 Å². The number of hydrogen-bond donors (Lipinski definition) is 12. The highest BCUT2D eigenvalue weighted by atomic mass is 16.3. The van der Waals surface area contributed by atoms with Gasteiger partial charge in [0.15, 0.2) is 0 Å². The van der Waals surface area contributed by atoms with Crippen LogP contribution < -0.4 is 43.0 Å². The van der Waals surface area contributed by atoms with Gasteiger partial charge in [0.05, 0.1) is 12.1 Å². The first-order valence-corrected chi connectivity index (χ1v) is 15.4. The van der Waals surface area contributed by atoms with Crippen LogP contribution in [-0.2, 0) is 11.2 Å². The second-order valence-corrected chi connectivity index (χ2v) is 11.1. The number of carbonyl (C=O) groups excluding carboxylic acids is 1. The van der Waals surface area contributed by atoms with Crippen LogP contribution in [0.1, 0.15) is 64.4 Å². The standard InChI is InChI=1S/C29H56N8O5/c1-4-6-8-14-22-27(41)35-21(15-11-16-32-29(30)31-3)25(39)33-18-24(38)34-20(5-2)26(40)37-23(28(42)36-22)17-19-12-9-7-10-13-19/h7,9-10,12-13,20-27,29,31-35,37-41H,4-6,8,11,14-18,30H2,1-3H3,(H,36,42)/t20-,21?,22?,23+,24+,25+,26+,27+,29-/m0/s1. The lowest BCUT2D eigenvalue weighted by molar-refractivity contribution is -0.126. The van der Waals surface area contributed by atoms with Gasteiger partial charge in [0.2, 0.25) is 5.91 Å². The fraction of sp³-hybridized carbons (Fsp3) is 0.759. The van der Waals surface area contributed by atoms with Gasteiger partial charge in [-0.3, -0.25) is 36.7 Å². The Bertz CT molecular complexity index is 857. The molecule has 13 N–H and O–H groups in total. The Labute approximate surface area is 250 Å². The van der Waals surface area contributed by atoms with Crippen molar-refractivity contribution in [3.8, 4) is 0 Å². The summed E-state index contributed by atoms with van der Waals surface area (Å²) >= 11 is 0. The van der Waals surface area contributed by atoms with Crippen molar-refractivity contribution in [1.82, 2.24) is 37.2 Å². The third-order valence-electron chi connectivity index (χ3n) is 7.68. The first kappa shape index (κ1) is 36.4. The highest BCUT2D eigenvalue weighted by molar-refractivity contribution is 5.82. The molecular formula is C29H56N8O5. The fourth-order valence-electron chi connectivity index (χ4n) is 5.07. The number of β-amino-alcohol motifs (C(OH)–C–C–N with tert-alkyl or cyclic N) is 1. The quantitative estimate of drug-likeness (QED) is 0.0908. The van der Waals surface area contributed by atoms with Gasteiger partial charge in [-0.1, -0.05) is 63.4 Å². The maximum atomic E-state index is 13.7. The first-order valence-electron chi connectivity index (χ1n) is 15.4. The number of aliphatic hydroxyl groups excluding tert-OH is 4. The molecule has 0 aliphatic carbocycles. The van der Waals surface area contributed by atoms with E-state index in [0.717, 1.165) is 24.8 Å². The van der Waals surface area contributed by atoms with E-state index >= 15 is 0 Å². The van der Waals surface area contributed by atoms with Gasteiger partial charge in [-0.05, 0) is 51.3 Å². The Morgan fingerprint density at radius 1 is 0.905 bits per heavy atom.